The minimum Gasteiger partial charge on any atom is -0.457 e. The monoisotopic (exact) mass is 511 g/mol. The van der Waals surface area contributed by atoms with Gasteiger partial charge in [-0.2, -0.15) is 0 Å². The summed E-state index contributed by atoms with van der Waals surface area (Å²) in [6.07, 6.45) is 8.85. The molecule has 0 atom stereocenters. The molecule has 3 heterocycles. The number of nitrogens with one attached hydrogen (secondary N) is 3. The third-order valence-electron chi connectivity index (χ3n) is 8.77. The van der Waals surface area contributed by atoms with Crippen LogP contribution in [0.2, 0.25) is 0 Å². The number of likely N-dealkylation sites (tertiary alicyclic amines) is 1. The van der Waals surface area contributed by atoms with Gasteiger partial charge in [0.05, 0.1) is 11.3 Å². The van der Waals surface area contributed by atoms with Gasteiger partial charge < -0.3 is 21.1 Å². The van der Waals surface area contributed by atoms with E-state index in [0.717, 1.165) is 49.0 Å². The van der Waals surface area contributed by atoms with E-state index in [1.807, 2.05) is 54.6 Å². The van der Waals surface area contributed by atoms with Crippen molar-refractivity contribution in [2.75, 3.05) is 37.2 Å². The summed E-state index contributed by atoms with van der Waals surface area (Å²) >= 11 is 0. The maximum absolute atomic E-state index is 8.94. The number of nitrogens with zero attached hydrogens (tertiary/aromatic N) is 3. The summed E-state index contributed by atoms with van der Waals surface area (Å²) in [4.78, 5) is 11.4. The number of para-hydroxylation sites is 1. The van der Waals surface area contributed by atoms with Crippen LogP contribution in [0, 0.1) is 10.8 Å². The number of rotatable bonds is 7. The van der Waals surface area contributed by atoms with Gasteiger partial charge >= 0.3 is 0 Å². The molecular weight excluding hydrogens is 474 g/mol. The first kappa shape index (κ1) is 24.8. The lowest BCUT2D eigenvalue weighted by molar-refractivity contribution is 0.0293. The third kappa shape index (κ3) is 5.24. The molecule has 1 aliphatic carbocycles. The molecule has 38 heavy (non-hydrogen) atoms. The van der Waals surface area contributed by atoms with Crippen LogP contribution < -0.4 is 21.1 Å². The van der Waals surface area contributed by atoms with E-state index >= 15 is 0 Å². The zero-order valence-electron chi connectivity index (χ0n) is 21.8. The van der Waals surface area contributed by atoms with E-state index in [-0.39, 0.29) is 0 Å². The molecule has 3 fully saturated rings. The molecule has 2 aliphatic heterocycles. The largest absolute Gasteiger partial charge is 0.457 e. The first-order valence-corrected chi connectivity index (χ1v) is 13.8. The molecular formula is C30H37N7O. The second kappa shape index (κ2) is 10.7. The fourth-order valence-electron chi connectivity index (χ4n) is 6.18. The quantitative estimate of drug-likeness (QED) is 0.341. The lowest BCUT2D eigenvalue weighted by Crippen LogP contribution is -2.59. The second-order valence-electron chi connectivity index (χ2n) is 11.1. The molecule has 8 nitrogen and oxygen atoms in total. The number of hydrogen-bond acceptors (Lipinski definition) is 8. The van der Waals surface area contributed by atoms with Crippen molar-refractivity contribution in [2.24, 2.45) is 5.41 Å². The van der Waals surface area contributed by atoms with E-state index in [1.165, 1.54) is 45.1 Å². The Kier molecular flexibility index (Phi) is 7.00. The predicted molar refractivity (Wildman–Crippen MR) is 151 cm³/mol. The molecule has 0 bridgehead atoms. The van der Waals surface area contributed by atoms with E-state index < -0.39 is 0 Å². The van der Waals surface area contributed by atoms with Gasteiger partial charge in [0, 0.05) is 30.7 Å². The van der Waals surface area contributed by atoms with Crippen LogP contribution in [0.3, 0.4) is 0 Å². The van der Waals surface area contributed by atoms with Crippen molar-refractivity contribution in [1.29, 1.82) is 5.41 Å². The van der Waals surface area contributed by atoms with Crippen LogP contribution >= 0.6 is 0 Å². The first-order chi connectivity index (χ1) is 18.6. The van der Waals surface area contributed by atoms with Crippen molar-refractivity contribution in [2.45, 2.75) is 50.6 Å². The van der Waals surface area contributed by atoms with Gasteiger partial charge in [-0.15, -0.1) is 0 Å². The first-order valence-electron chi connectivity index (χ1n) is 13.8. The van der Waals surface area contributed by atoms with Crippen molar-refractivity contribution >= 4 is 17.3 Å². The molecule has 2 saturated heterocycles. The molecule has 0 radical (unpaired) electrons. The zero-order valence-corrected chi connectivity index (χ0v) is 21.8. The average molecular weight is 512 g/mol. The van der Waals surface area contributed by atoms with Gasteiger partial charge in [0.15, 0.2) is 0 Å². The van der Waals surface area contributed by atoms with Crippen molar-refractivity contribution in [3.8, 4) is 11.5 Å². The van der Waals surface area contributed by atoms with E-state index in [9.17, 15) is 0 Å². The molecule has 3 aliphatic rings. The van der Waals surface area contributed by atoms with E-state index in [4.69, 9.17) is 15.9 Å². The van der Waals surface area contributed by atoms with E-state index in [2.05, 4.69) is 25.5 Å². The number of hydrogen-bond donors (Lipinski definition) is 4. The topological polar surface area (TPSA) is 112 Å². The second-order valence-corrected chi connectivity index (χ2v) is 11.1. The number of nitrogens with two attached hydrogens (primary N) is 1. The Labute approximate surface area is 224 Å². The number of piperidine rings is 1. The number of aromatic nitrogens is 2. The van der Waals surface area contributed by atoms with Gasteiger partial charge in [0.1, 0.15) is 29.5 Å². The summed E-state index contributed by atoms with van der Waals surface area (Å²) in [5.74, 6) is 2.47. The minimum absolute atomic E-state index is 0.307. The molecule has 1 spiro atoms. The standard InChI is InChI=1S/C30H37N7O/c31-27(21-6-8-25(9-7-21)38-24-4-2-1-3-5-24)26-28(32)34-20-35-29(26)36-22-10-12-30(13-11-22)14-16-37(17-15-30)23-18-33-19-23/h1-9,20,22-23,31,33H,10-19H2,(H3,32,34,35,36). The normalized spacial score (nSPS) is 20.1. The van der Waals surface area contributed by atoms with Crippen LogP contribution in [-0.2, 0) is 0 Å². The van der Waals surface area contributed by atoms with Crippen molar-refractivity contribution in [1.82, 2.24) is 20.2 Å². The molecule has 3 aromatic rings. The molecule has 6 rings (SSSR count). The van der Waals surface area contributed by atoms with Gasteiger partial charge in [-0.1, -0.05) is 18.2 Å². The molecule has 1 aromatic heterocycles. The van der Waals surface area contributed by atoms with Crippen LogP contribution in [0.5, 0.6) is 11.5 Å². The maximum atomic E-state index is 8.94. The summed E-state index contributed by atoms with van der Waals surface area (Å²) in [6, 6.07) is 18.3. The van der Waals surface area contributed by atoms with Crippen molar-refractivity contribution < 1.29 is 4.74 Å². The lowest BCUT2D eigenvalue weighted by atomic mass is 9.66. The highest BCUT2D eigenvalue weighted by molar-refractivity contribution is 6.16. The number of ether oxygens (including phenoxy) is 1. The molecule has 198 valence electrons. The Hall–Kier alpha value is -3.49. The average Bonchev–Trinajstić information content (AvgIpc) is 2.91. The highest BCUT2D eigenvalue weighted by atomic mass is 16.5. The van der Waals surface area contributed by atoms with Gasteiger partial charge in [0.25, 0.3) is 0 Å². The van der Waals surface area contributed by atoms with Crippen molar-refractivity contribution in [3.05, 3.63) is 72.1 Å². The molecule has 2 aromatic carbocycles. The fourth-order valence-corrected chi connectivity index (χ4v) is 6.18. The van der Waals surface area contributed by atoms with Crippen LogP contribution in [0.25, 0.3) is 0 Å². The number of anilines is 2. The minimum atomic E-state index is 0.307. The van der Waals surface area contributed by atoms with Gasteiger partial charge in [0.2, 0.25) is 0 Å². The third-order valence-corrected chi connectivity index (χ3v) is 8.77. The van der Waals surface area contributed by atoms with E-state index in [0.29, 0.717) is 34.4 Å². The molecule has 0 unspecified atom stereocenters. The summed E-state index contributed by atoms with van der Waals surface area (Å²) in [5.41, 5.74) is 8.40. The Bertz CT molecular complexity index is 1240. The lowest BCUT2D eigenvalue weighted by Gasteiger charge is -2.49. The predicted octanol–water partition coefficient (Wildman–Crippen LogP) is 4.68. The summed E-state index contributed by atoms with van der Waals surface area (Å²) in [5, 5.41) is 16.0. The summed E-state index contributed by atoms with van der Waals surface area (Å²) in [7, 11) is 0. The Morgan fingerprint density at radius 2 is 1.63 bits per heavy atom. The van der Waals surface area contributed by atoms with Crippen LogP contribution in [0.15, 0.2) is 60.9 Å². The van der Waals surface area contributed by atoms with Gasteiger partial charge in [-0.3, -0.25) is 10.3 Å². The summed E-state index contributed by atoms with van der Waals surface area (Å²) in [6.45, 7) is 4.79. The Morgan fingerprint density at radius 1 is 0.947 bits per heavy atom. The number of nitrogen functional groups attached to an aromatic ring is 1. The van der Waals surface area contributed by atoms with Crippen LogP contribution in [-0.4, -0.2) is 58.8 Å². The van der Waals surface area contributed by atoms with Gasteiger partial charge in [-0.05, 0) is 93.4 Å². The SMILES string of the molecule is N=C(c1ccc(Oc2ccccc2)cc1)c1c(N)ncnc1NC1CCC2(CC1)CCN(C1CNC1)CC2. The smallest absolute Gasteiger partial charge is 0.141 e. The Balaban J connectivity index is 1.09. The van der Waals surface area contributed by atoms with Crippen molar-refractivity contribution in [3.63, 3.8) is 0 Å². The Morgan fingerprint density at radius 3 is 2.29 bits per heavy atom. The highest BCUT2D eigenvalue weighted by Crippen LogP contribution is 2.45. The van der Waals surface area contributed by atoms with Crippen LogP contribution in [0.1, 0.15) is 49.7 Å². The summed E-state index contributed by atoms with van der Waals surface area (Å²) < 4.78 is 5.90. The van der Waals surface area contributed by atoms with Gasteiger partial charge in [-0.25, -0.2) is 9.97 Å². The fraction of sp³-hybridized carbons (Fsp3) is 0.433. The van der Waals surface area contributed by atoms with E-state index in [1.54, 1.807) is 0 Å². The molecule has 5 N–H and O–H groups in total. The number of benzene rings is 2. The zero-order chi connectivity index (χ0) is 26.0. The van der Waals surface area contributed by atoms with Crippen LogP contribution in [0.4, 0.5) is 11.6 Å². The maximum Gasteiger partial charge on any atom is 0.141 e. The molecule has 1 saturated carbocycles. The highest BCUT2D eigenvalue weighted by Gasteiger charge is 2.40. The molecule has 0 amide bonds. The molecule has 8 heteroatoms.